The van der Waals surface area contributed by atoms with Crippen LogP contribution < -0.4 is 23.8 Å². The lowest BCUT2D eigenvalue weighted by atomic mass is 10.0. The molecule has 2 amide bonds. The van der Waals surface area contributed by atoms with Gasteiger partial charge in [-0.3, -0.25) is 13.9 Å². The number of aryl methyl sites for hydroxylation is 1. The Morgan fingerprint density at radius 2 is 1.47 bits per heavy atom. The molecule has 0 radical (unpaired) electrons. The highest BCUT2D eigenvalue weighted by Gasteiger charge is 2.35. The molecule has 0 aliphatic rings. The fraction of sp³-hybridized carbons (Fsp3) is 0.278. The third kappa shape index (κ3) is 8.62. The lowest BCUT2D eigenvalue weighted by Crippen LogP contribution is -2.53. The van der Waals surface area contributed by atoms with Gasteiger partial charge in [-0.05, 0) is 61.4 Å². The predicted molar refractivity (Wildman–Crippen MR) is 181 cm³/mol. The molecule has 10 nitrogen and oxygen atoms in total. The molecule has 0 saturated carbocycles. The lowest BCUT2D eigenvalue weighted by Gasteiger charge is -2.34. The standard InChI is InChI=1S/C36H41N3O7S/c1-6-37-36(41)32(22-27-11-8-7-9-12-27)38(24-28-13-10-14-30(21-28)44-3)35(40)25-39(29-17-20-33(45-4)34(23-29)46-5)47(42,43)31-18-15-26(2)16-19-31/h7-21,23,32H,6,22,24-25H2,1-5H3,(H,37,41)/t32-/m1/s1. The van der Waals surface area contributed by atoms with E-state index in [2.05, 4.69) is 5.32 Å². The number of nitrogens with one attached hydrogen (secondary N) is 1. The SMILES string of the molecule is CCNC(=O)[C@@H](Cc1ccccc1)N(Cc1cccc(OC)c1)C(=O)CN(c1ccc(OC)c(OC)c1)S(=O)(=O)c1ccc(C)cc1. The minimum Gasteiger partial charge on any atom is -0.497 e. The average molecular weight is 660 g/mol. The molecule has 0 saturated heterocycles. The fourth-order valence-corrected chi connectivity index (χ4v) is 6.57. The Labute approximate surface area is 276 Å². The summed E-state index contributed by atoms with van der Waals surface area (Å²) in [5.74, 6) is 0.340. The van der Waals surface area contributed by atoms with Crippen LogP contribution >= 0.6 is 0 Å². The zero-order valence-corrected chi connectivity index (χ0v) is 28.1. The van der Waals surface area contributed by atoms with Gasteiger partial charge < -0.3 is 24.4 Å². The second-order valence-corrected chi connectivity index (χ2v) is 12.7. The largest absolute Gasteiger partial charge is 0.497 e. The third-order valence-electron chi connectivity index (χ3n) is 7.65. The van der Waals surface area contributed by atoms with Crippen molar-refractivity contribution in [2.24, 2.45) is 0 Å². The van der Waals surface area contributed by atoms with Gasteiger partial charge in [-0.2, -0.15) is 0 Å². The van der Waals surface area contributed by atoms with Crippen LogP contribution in [0, 0.1) is 6.92 Å². The molecule has 248 valence electrons. The van der Waals surface area contributed by atoms with Crippen LogP contribution in [0.2, 0.25) is 0 Å². The smallest absolute Gasteiger partial charge is 0.264 e. The minimum absolute atomic E-state index is 0.00888. The molecule has 0 bridgehead atoms. The van der Waals surface area contributed by atoms with Crippen molar-refractivity contribution in [2.45, 2.75) is 37.8 Å². The van der Waals surface area contributed by atoms with Gasteiger partial charge in [0.2, 0.25) is 11.8 Å². The molecule has 4 aromatic carbocycles. The van der Waals surface area contributed by atoms with Crippen molar-refractivity contribution < 1.29 is 32.2 Å². The molecular formula is C36H41N3O7S. The first-order chi connectivity index (χ1) is 22.6. The molecule has 0 fully saturated rings. The van der Waals surface area contributed by atoms with E-state index < -0.39 is 28.5 Å². The molecule has 0 unspecified atom stereocenters. The van der Waals surface area contributed by atoms with Gasteiger partial charge >= 0.3 is 0 Å². The van der Waals surface area contributed by atoms with Crippen LogP contribution in [0.5, 0.6) is 17.2 Å². The zero-order valence-electron chi connectivity index (χ0n) is 27.3. The van der Waals surface area contributed by atoms with Crippen molar-refractivity contribution in [1.29, 1.82) is 0 Å². The highest BCUT2D eigenvalue weighted by Crippen LogP contribution is 2.34. The summed E-state index contributed by atoms with van der Waals surface area (Å²) in [6.45, 7) is 3.44. The quantitative estimate of drug-likeness (QED) is 0.191. The number of benzene rings is 4. The van der Waals surface area contributed by atoms with Gasteiger partial charge in [0.25, 0.3) is 10.0 Å². The van der Waals surface area contributed by atoms with Crippen LogP contribution in [0.1, 0.15) is 23.6 Å². The van der Waals surface area contributed by atoms with Gasteiger partial charge in [0, 0.05) is 25.6 Å². The van der Waals surface area contributed by atoms with E-state index in [0.717, 1.165) is 15.4 Å². The Bertz CT molecular complexity index is 1760. The molecule has 0 spiro atoms. The first-order valence-corrected chi connectivity index (χ1v) is 16.6. The van der Waals surface area contributed by atoms with Gasteiger partial charge in [-0.1, -0.05) is 60.2 Å². The molecule has 0 aliphatic carbocycles. The van der Waals surface area contributed by atoms with E-state index in [-0.39, 0.29) is 29.5 Å². The zero-order chi connectivity index (χ0) is 34.0. The molecule has 0 aromatic heterocycles. The molecule has 1 N–H and O–H groups in total. The highest BCUT2D eigenvalue weighted by molar-refractivity contribution is 7.92. The number of methoxy groups -OCH3 is 3. The number of hydrogen-bond donors (Lipinski definition) is 1. The summed E-state index contributed by atoms with van der Waals surface area (Å²) in [7, 11) is 0.199. The molecule has 0 heterocycles. The molecule has 4 aromatic rings. The number of hydrogen-bond acceptors (Lipinski definition) is 7. The van der Waals surface area contributed by atoms with E-state index in [1.54, 1.807) is 56.5 Å². The van der Waals surface area contributed by atoms with Gasteiger partial charge in [0.1, 0.15) is 18.3 Å². The number of ether oxygens (including phenoxy) is 3. The summed E-state index contributed by atoms with van der Waals surface area (Å²) in [5.41, 5.74) is 2.62. The summed E-state index contributed by atoms with van der Waals surface area (Å²) in [4.78, 5) is 29.7. The first kappa shape index (κ1) is 34.8. The maximum atomic E-state index is 14.6. The first-order valence-electron chi connectivity index (χ1n) is 15.2. The van der Waals surface area contributed by atoms with Crippen LogP contribution in [-0.2, 0) is 32.6 Å². The number of likely N-dealkylation sites (N-methyl/N-ethyl adjacent to an activating group) is 1. The third-order valence-corrected chi connectivity index (χ3v) is 9.44. The van der Waals surface area contributed by atoms with Crippen LogP contribution in [0.4, 0.5) is 5.69 Å². The maximum absolute atomic E-state index is 14.6. The molecule has 4 rings (SSSR count). The lowest BCUT2D eigenvalue weighted by molar-refractivity contribution is -0.140. The number of amides is 2. The predicted octanol–water partition coefficient (Wildman–Crippen LogP) is 4.99. The molecule has 47 heavy (non-hydrogen) atoms. The molecule has 11 heteroatoms. The van der Waals surface area contributed by atoms with E-state index in [9.17, 15) is 18.0 Å². The second-order valence-electron chi connectivity index (χ2n) is 10.8. The Kier molecular flexibility index (Phi) is 11.9. The van der Waals surface area contributed by atoms with Crippen LogP contribution in [0.25, 0.3) is 0 Å². The number of carbonyl (C=O) groups excluding carboxylic acids is 2. The Morgan fingerprint density at radius 1 is 0.787 bits per heavy atom. The van der Waals surface area contributed by atoms with Gasteiger partial charge in [0.05, 0.1) is 31.9 Å². The average Bonchev–Trinajstić information content (AvgIpc) is 3.09. The van der Waals surface area contributed by atoms with Crippen molar-refractivity contribution in [1.82, 2.24) is 10.2 Å². The number of anilines is 1. The van der Waals surface area contributed by atoms with Crippen molar-refractivity contribution >= 4 is 27.5 Å². The number of nitrogens with zero attached hydrogens (tertiary/aromatic N) is 2. The number of sulfonamides is 1. The Morgan fingerprint density at radius 3 is 2.11 bits per heavy atom. The number of carbonyl (C=O) groups is 2. The summed E-state index contributed by atoms with van der Waals surface area (Å²) < 4.78 is 45.9. The van der Waals surface area contributed by atoms with E-state index in [1.807, 2.05) is 43.3 Å². The van der Waals surface area contributed by atoms with E-state index >= 15 is 0 Å². The van der Waals surface area contributed by atoms with Crippen molar-refractivity contribution in [3.05, 3.63) is 114 Å². The van der Waals surface area contributed by atoms with E-state index in [1.165, 1.54) is 37.3 Å². The normalized spacial score (nSPS) is 11.7. The highest BCUT2D eigenvalue weighted by atomic mass is 32.2. The monoisotopic (exact) mass is 659 g/mol. The Hall–Kier alpha value is -5.03. The van der Waals surface area contributed by atoms with Crippen LogP contribution in [0.3, 0.4) is 0 Å². The van der Waals surface area contributed by atoms with Crippen LogP contribution in [-0.4, -0.2) is 65.6 Å². The van der Waals surface area contributed by atoms with Crippen molar-refractivity contribution in [3.8, 4) is 17.2 Å². The van der Waals surface area contributed by atoms with Crippen molar-refractivity contribution in [3.63, 3.8) is 0 Å². The molecular weight excluding hydrogens is 618 g/mol. The van der Waals surface area contributed by atoms with Crippen LogP contribution in [0.15, 0.2) is 102 Å². The summed E-state index contributed by atoms with van der Waals surface area (Å²) in [5, 5.41) is 2.86. The molecule has 1 atom stereocenters. The van der Waals surface area contributed by atoms with Gasteiger partial charge in [0.15, 0.2) is 11.5 Å². The topological polar surface area (TPSA) is 114 Å². The fourth-order valence-electron chi connectivity index (χ4n) is 5.16. The van der Waals surface area contributed by atoms with Gasteiger partial charge in [-0.15, -0.1) is 0 Å². The summed E-state index contributed by atoms with van der Waals surface area (Å²) in [6.07, 6.45) is 0.212. The van der Waals surface area contributed by atoms with Gasteiger partial charge in [-0.25, -0.2) is 8.42 Å². The minimum atomic E-state index is -4.27. The molecule has 0 aliphatic heterocycles. The maximum Gasteiger partial charge on any atom is 0.264 e. The number of rotatable bonds is 15. The summed E-state index contributed by atoms with van der Waals surface area (Å²) in [6, 6.07) is 26.7. The Balaban J connectivity index is 1.84. The van der Waals surface area contributed by atoms with Crippen molar-refractivity contribution in [2.75, 3.05) is 38.7 Å². The van der Waals surface area contributed by atoms with E-state index in [0.29, 0.717) is 29.4 Å². The van der Waals surface area contributed by atoms with E-state index in [4.69, 9.17) is 14.2 Å². The second kappa shape index (κ2) is 16.0. The summed E-state index contributed by atoms with van der Waals surface area (Å²) >= 11 is 0.